The monoisotopic (exact) mass is 420 g/mol. The van der Waals surface area contributed by atoms with Gasteiger partial charge in [0.2, 0.25) is 11.7 Å². The average molecular weight is 421 g/mol. The Morgan fingerprint density at radius 2 is 2.00 bits per heavy atom. The molecule has 0 unspecified atom stereocenters. The molecular weight excluding hydrogens is 400 g/mol. The molecule has 0 radical (unpaired) electrons. The Morgan fingerprint density at radius 1 is 1.13 bits per heavy atom. The van der Waals surface area contributed by atoms with Crippen LogP contribution in [0.15, 0.2) is 64.0 Å². The third-order valence-corrected chi connectivity index (χ3v) is 5.29. The number of nitrogens with zero attached hydrogens (tertiary/aromatic N) is 6. The lowest BCUT2D eigenvalue weighted by Crippen LogP contribution is -2.32. The van der Waals surface area contributed by atoms with Crippen LogP contribution in [0.25, 0.3) is 0 Å². The highest BCUT2D eigenvalue weighted by Crippen LogP contribution is 2.41. The highest BCUT2D eigenvalue weighted by atomic mass is 35.5. The van der Waals surface area contributed by atoms with Crippen LogP contribution >= 0.6 is 11.6 Å². The summed E-state index contributed by atoms with van der Waals surface area (Å²) >= 11 is 6.32. The minimum absolute atomic E-state index is 0.223. The van der Waals surface area contributed by atoms with Crippen molar-refractivity contribution in [3.8, 4) is 0 Å². The summed E-state index contributed by atoms with van der Waals surface area (Å²) in [7, 11) is 0. The van der Waals surface area contributed by atoms with Crippen molar-refractivity contribution in [3.05, 3.63) is 76.9 Å². The van der Waals surface area contributed by atoms with Crippen LogP contribution in [0.2, 0.25) is 5.02 Å². The molecule has 3 aromatic rings. The quantitative estimate of drug-likeness (QED) is 0.619. The van der Waals surface area contributed by atoms with Gasteiger partial charge in [-0.25, -0.2) is 0 Å². The fourth-order valence-corrected chi connectivity index (χ4v) is 3.71. The van der Waals surface area contributed by atoms with Gasteiger partial charge in [-0.2, -0.15) is 4.98 Å². The van der Waals surface area contributed by atoms with Crippen molar-refractivity contribution < 1.29 is 4.52 Å². The number of allylic oxidation sites excluding steroid dienone is 1. The highest BCUT2D eigenvalue weighted by molar-refractivity contribution is 6.31. The van der Waals surface area contributed by atoms with Crippen molar-refractivity contribution in [2.75, 3.05) is 16.5 Å². The van der Waals surface area contributed by atoms with E-state index < -0.39 is 0 Å². The number of hydrogen-bond donors (Lipinski definition) is 0. The molecule has 30 heavy (non-hydrogen) atoms. The minimum atomic E-state index is -0.223. The third-order valence-electron chi connectivity index (χ3n) is 5.06. The summed E-state index contributed by atoms with van der Waals surface area (Å²) < 4.78 is 5.50. The largest absolute Gasteiger partial charge is 0.338 e. The molecule has 0 bridgehead atoms. The lowest BCUT2D eigenvalue weighted by Gasteiger charge is -2.34. The Kier molecular flexibility index (Phi) is 4.36. The number of anilines is 2. The maximum Gasteiger partial charge on any atom is 0.232 e. The van der Waals surface area contributed by atoms with E-state index in [0.717, 1.165) is 28.5 Å². The van der Waals surface area contributed by atoms with Gasteiger partial charge >= 0.3 is 0 Å². The van der Waals surface area contributed by atoms with Crippen molar-refractivity contribution in [3.63, 3.8) is 0 Å². The number of rotatable bonds is 3. The summed E-state index contributed by atoms with van der Waals surface area (Å²) in [4.78, 5) is 18.1. The Balaban J connectivity index is 1.56. The van der Waals surface area contributed by atoms with Crippen molar-refractivity contribution >= 4 is 28.7 Å². The molecule has 4 heterocycles. The third kappa shape index (κ3) is 3.25. The van der Waals surface area contributed by atoms with E-state index in [0.29, 0.717) is 30.0 Å². The van der Waals surface area contributed by atoms with Gasteiger partial charge in [-0.15, -0.1) is 0 Å². The topological polar surface area (TPSA) is 70.7 Å². The summed E-state index contributed by atoms with van der Waals surface area (Å²) in [5.74, 6) is 1.09. The second-order valence-electron chi connectivity index (χ2n) is 8.35. The molecule has 0 aliphatic carbocycles. The first-order valence-electron chi connectivity index (χ1n) is 9.75. The van der Waals surface area contributed by atoms with Gasteiger partial charge in [-0.05, 0) is 30.3 Å². The van der Waals surface area contributed by atoms with Crippen LogP contribution in [0.4, 0.5) is 11.4 Å². The Morgan fingerprint density at radius 3 is 2.73 bits per heavy atom. The van der Waals surface area contributed by atoms with Gasteiger partial charge in [0.1, 0.15) is 12.4 Å². The maximum absolute atomic E-state index is 6.32. The van der Waals surface area contributed by atoms with E-state index in [1.807, 2.05) is 57.2 Å². The molecular formula is C22H21ClN6O. The van der Waals surface area contributed by atoms with Gasteiger partial charge in [0.15, 0.2) is 0 Å². The van der Waals surface area contributed by atoms with Crippen molar-refractivity contribution in [2.24, 2.45) is 4.99 Å². The fourth-order valence-electron chi connectivity index (χ4n) is 3.54. The van der Waals surface area contributed by atoms with Gasteiger partial charge in [0, 0.05) is 22.8 Å². The molecule has 5 rings (SSSR count). The molecule has 7 nitrogen and oxygen atoms in total. The lowest BCUT2D eigenvalue weighted by atomic mass is 9.97. The van der Waals surface area contributed by atoms with Gasteiger partial charge in [-0.1, -0.05) is 43.6 Å². The van der Waals surface area contributed by atoms with Gasteiger partial charge in [0.05, 0.1) is 29.3 Å². The van der Waals surface area contributed by atoms with Gasteiger partial charge < -0.3 is 14.3 Å². The summed E-state index contributed by atoms with van der Waals surface area (Å²) in [6.45, 7) is 7.23. The van der Waals surface area contributed by atoms with E-state index in [4.69, 9.17) is 21.1 Å². The van der Waals surface area contributed by atoms with Crippen LogP contribution in [0.1, 0.15) is 38.2 Å². The lowest BCUT2D eigenvalue weighted by molar-refractivity contribution is 0.320. The number of fused-ring (bicyclic) bond motifs is 3. The van der Waals surface area contributed by atoms with Crippen LogP contribution in [-0.4, -0.2) is 27.5 Å². The minimum Gasteiger partial charge on any atom is -0.338 e. The zero-order valence-electron chi connectivity index (χ0n) is 17.0. The van der Waals surface area contributed by atoms with Gasteiger partial charge in [-0.3, -0.25) is 9.98 Å². The first kappa shape index (κ1) is 18.8. The summed E-state index contributed by atoms with van der Waals surface area (Å²) in [6.07, 6.45) is 3.86. The van der Waals surface area contributed by atoms with Crippen LogP contribution < -0.4 is 9.80 Å². The number of benzene rings is 1. The Bertz CT molecular complexity index is 1160. The molecule has 152 valence electrons. The maximum atomic E-state index is 6.32. The molecule has 1 aromatic carbocycles. The van der Waals surface area contributed by atoms with Crippen LogP contribution in [-0.2, 0) is 12.0 Å². The molecule has 0 fully saturated rings. The highest BCUT2D eigenvalue weighted by Gasteiger charge is 2.34. The van der Waals surface area contributed by atoms with E-state index in [1.165, 1.54) is 0 Å². The molecule has 8 heteroatoms. The Labute approximate surface area is 179 Å². The summed E-state index contributed by atoms with van der Waals surface area (Å²) in [5.41, 5.74) is 4.44. The Hall–Kier alpha value is -3.19. The second kappa shape index (κ2) is 6.95. The molecule has 0 spiro atoms. The second-order valence-corrected chi connectivity index (χ2v) is 8.78. The zero-order valence-corrected chi connectivity index (χ0v) is 17.8. The van der Waals surface area contributed by atoms with E-state index in [2.05, 4.69) is 31.1 Å². The average Bonchev–Trinajstić information content (AvgIpc) is 3.35. The SMILES string of the molecule is CC(C)(C)c1nc(C2=NCN3C2=CN(Cc2ccccn2)c2cc(Cl)ccc23)no1. The normalized spacial score (nSPS) is 15.6. The number of hydrogen-bond acceptors (Lipinski definition) is 7. The van der Waals surface area contributed by atoms with Crippen molar-refractivity contribution in [1.82, 2.24) is 15.1 Å². The smallest absolute Gasteiger partial charge is 0.232 e. The van der Waals surface area contributed by atoms with Crippen LogP contribution in [0.5, 0.6) is 0 Å². The predicted molar refractivity (Wildman–Crippen MR) is 117 cm³/mol. The fraction of sp³-hybridized carbons (Fsp3) is 0.273. The van der Waals surface area contributed by atoms with Crippen molar-refractivity contribution in [1.29, 1.82) is 0 Å². The number of aromatic nitrogens is 3. The van der Waals surface area contributed by atoms with E-state index >= 15 is 0 Å². The molecule has 2 aromatic heterocycles. The molecule has 0 saturated heterocycles. The first-order valence-corrected chi connectivity index (χ1v) is 10.1. The predicted octanol–water partition coefficient (Wildman–Crippen LogP) is 4.54. The van der Waals surface area contributed by atoms with Crippen molar-refractivity contribution in [2.45, 2.75) is 32.7 Å². The van der Waals surface area contributed by atoms with E-state index in [-0.39, 0.29) is 5.41 Å². The molecule has 0 amide bonds. The summed E-state index contributed by atoms with van der Waals surface area (Å²) in [5, 5.41) is 4.88. The first-order chi connectivity index (χ1) is 14.4. The number of aliphatic imine (C=N–C) groups is 1. The summed E-state index contributed by atoms with van der Waals surface area (Å²) in [6, 6.07) is 11.8. The molecule has 0 atom stereocenters. The molecule has 0 saturated carbocycles. The molecule has 2 aliphatic heterocycles. The van der Waals surface area contributed by atoms with Gasteiger partial charge in [0.25, 0.3) is 0 Å². The van der Waals surface area contributed by atoms with Crippen LogP contribution in [0, 0.1) is 0 Å². The molecule has 2 aliphatic rings. The van der Waals surface area contributed by atoms with E-state index in [9.17, 15) is 0 Å². The number of halogens is 1. The number of pyridine rings is 1. The van der Waals surface area contributed by atoms with Crippen LogP contribution in [0.3, 0.4) is 0 Å². The zero-order chi connectivity index (χ0) is 20.9. The standard InChI is InChI=1S/C22H21ClN6O/c1-22(2,3)21-26-20(27-30-21)19-18-12-28(11-15-6-4-5-9-24-15)17-10-14(23)7-8-16(17)29(18)13-25-19/h4-10,12H,11,13H2,1-3H3. The molecule has 0 N–H and O–H groups in total. The van der Waals surface area contributed by atoms with E-state index in [1.54, 1.807) is 6.20 Å².